The molecule has 0 radical (unpaired) electrons. The van der Waals surface area contributed by atoms with Crippen molar-refractivity contribution in [3.05, 3.63) is 27.7 Å². The van der Waals surface area contributed by atoms with Gasteiger partial charge in [-0.2, -0.15) is 0 Å². The van der Waals surface area contributed by atoms with Crippen LogP contribution < -0.4 is 4.72 Å². The molecule has 1 rings (SSSR count). The van der Waals surface area contributed by atoms with Crippen molar-refractivity contribution in [1.82, 2.24) is 4.72 Å². The summed E-state index contributed by atoms with van der Waals surface area (Å²) in [7, 11) is -4.06. The Morgan fingerprint density at radius 3 is 2.38 bits per heavy atom. The number of aliphatic hydroxyl groups excluding tert-OH is 1. The number of rotatable bonds is 6. The number of nitrogens with one attached hydrogen (secondary N) is 1. The molecule has 0 saturated heterocycles. The molecule has 0 heterocycles. The third-order valence-corrected chi connectivity index (χ3v) is 5.27. The molecule has 3 N–H and O–H groups in total. The van der Waals surface area contributed by atoms with E-state index in [2.05, 4.69) is 4.72 Å². The number of benzene rings is 1. The van der Waals surface area contributed by atoms with Gasteiger partial charge in [0.25, 0.3) is 0 Å². The van der Waals surface area contributed by atoms with E-state index in [0.29, 0.717) is 0 Å². The van der Waals surface area contributed by atoms with Crippen LogP contribution in [0.15, 0.2) is 17.0 Å². The lowest BCUT2D eigenvalue weighted by atomic mass is 10.0. The van der Waals surface area contributed by atoms with E-state index < -0.39 is 32.1 Å². The zero-order chi connectivity index (χ0) is 16.4. The Labute approximate surface area is 132 Å². The van der Waals surface area contributed by atoms with Gasteiger partial charge in [-0.25, -0.2) is 17.9 Å². The second-order valence-corrected chi connectivity index (χ2v) is 7.44. The molecule has 0 amide bonds. The lowest BCUT2D eigenvalue weighted by Crippen LogP contribution is -2.44. The van der Waals surface area contributed by atoms with Gasteiger partial charge in [-0.1, -0.05) is 23.2 Å². The van der Waals surface area contributed by atoms with E-state index >= 15 is 0 Å². The number of hydrogen-bond donors (Lipinski definition) is 3. The van der Waals surface area contributed by atoms with Crippen molar-refractivity contribution < 1.29 is 23.4 Å². The van der Waals surface area contributed by atoms with Crippen LogP contribution in [0.25, 0.3) is 0 Å². The molecule has 1 aromatic carbocycles. The largest absolute Gasteiger partial charge is 0.478 e. The highest BCUT2D eigenvalue weighted by Crippen LogP contribution is 2.31. The number of carbonyl (C=O) groups is 1. The molecule has 0 aliphatic heterocycles. The minimum absolute atomic E-state index is 0.152. The summed E-state index contributed by atoms with van der Waals surface area (Å²) in [5, 5.41) is 17.3. The quantitative estimate of drug-likeness (QED) is 0.724. The molecular weight excluding hydrogens is 341 g/mol. The van der Waals surface area contributed by atoms with Gasteiger partial charge in [-0.05, 0) is 32.4 Å². The van der Waals surface area contributed by atoms with Gasteiger partial charge in [0.05, 0.1) is 15.6 Å². The molecule has 0 spiro atoms. The summed E-state index contributed by atoms with van der Waals surface area (Å²) in [6.45, 7) is 2.97. The van der Waals surface area contributed by atoms with Crippen molar-refractivity contribution >= 4 is 39.2 Å². The van der Waals surface area contributed by atoms with Crippen LogP contribution in [0.1, 0.15) is 30.6 Å². The molecule has 118 valence electrons. The molecule has 1 aromatic rings. The van der Waals surface area contributed by atoms with Crippen LogP contribution in [0.5, 0.6) is 0 Å². The Kier molecular flexibility index (Phi) is 5.63. The average molecular weight is 356 g/mol. The molecule has 0 aliphatic rings. The fraction of sp³-hybridized carbons (Fsp3) is 0.417. The predicted octanol–water partition coefficient (Wildman–Crippen LogP) is 2.13. The van der Waals surface area contributed by atoms with Crippen LogP contribution in [-0.4, -0.2) is 36.7 Å². The Balaban J connectivity index is 3.34. The third-order valence-electron chi connectivity index (χ3n) is 2.71. The van der Waals surface area contributed by atoms with Gasteiger partial charge in [-0.3, -0.25) is 0 Å². The summed E-state index contributed by atoms with van der Waals surface area (Å²) in [4.78, 5) is 10.7. The summed E-state index contributed by atoms with van der Waals surface area (Å²) < 4.78 is 27.0. The molecule has 0 bridgehead atoms. The van der Waals surface area contributed by atoms with Crippen molar-refractivity contribution in [3.8, 4) is 0 Å². The van der Waals surface area contributed by atoms with E-state index in [4.69, 9.17) is 33.4 Å². The SMILES string of the molecule is CC(C)(CCO)NS(=O)(=O)c1ccc(Cl)c(C(=O)O)c1Cl. The molecule has 0 fully saturated rings. The van der Waals surface area contributed by atoms with Crippen molar-refractivity contribution in [2.75, 3.05) is 6.61 Å². The highest BCUT2D eigenvalue weighted by Gasteiger charge is 2.29. The number of halogens is 2. The molecule has 0 atom stereocenters. The molecule has 6 nitrogen and oxygen atoms in total. The maximum atomic E-state index is 12.3. The van der Waals surface area contributed by atoms with E-state index in [9.17, 15) is 13.2 Å². The van der Waals surface area contributed by atoms with Crippen molar-refractivity contribution in [2.45, 2.75) is 30.7 Å². The van der Waals surface area contributed by atoms with Gasteiger partial charge >= 0.3 is 5.97 Å². The summed E-state index contributed by atoms with van der Waals surface area (Å²) in [5.74, 6) is -1.42. The molecule has 0 unspecified atom stereocenters. The minimum atomic E-state index is -4.06. The highest BCUT2D eigenvalue weighted by molar-refractivity contribution is 7.89. The number of aromatic carboxylic acids is 1. The van der Waals surface area contributed by atoms with Gasteiger partial charge < -0.3 is 10.2 Å². The summed E-state index contributed by atoms with van der Waals surface area (Å²) in [6.07, 6.45) is 0.184. The number of carboxylic acid groups (broad SMARTS) is 1. The fourth-order valence-electron chi connectivity index (χ4n) is 1.69. The van der Waals surface area contributed by atoms with Crippen LogP contribution in [0.2, 0.25) is 10.0 Å². The van der Waals surface area contributed by atoms with Gasteiger partial charge in [0.1, 0.15) is 4.90 Å². The fourth-order valence-corrected chi connectivity index (χ4v) is 4.05. The minimum Gasteiger partial charge on any atom is -0.478 e. The Bertz CT molecular complexity index is 658. The lowest BCUT2D eigenvalue weighted by molar-refractivity contribution is 0.0697. The van der Waals surface area contributed by atoms with Gasteiger partial charge in [0.15, 0.2) is 0 Å². The zero-order valence-electron chi connectivity index (χ0n) is 11.4. The molecule has 0 aliphatic carbocycles. The van der Waals surface area contributed by atoms with E-state index in [0.717, 1.165) is 12.1 Å². The third kappa shape index (κ3) is 4.31. The first-order valence-electron chi connectivity index (χ1n) is 5.88. The van der Waals surface area contributed by atoms with E-state index in [1.165, 1.54) is 0 Å². The second kappa shape index (κ2) is 6.50. The van der Waals surface area contributed by atoms with E-state index in [1.54, 1.807) is 13.8 Å². The van der Waals surface area contributed by atoms with Crippen LogP contribution in [0.3, 0.4) is 0 Å². The average Bonchev–Trinajstić information content (AvgIpc) is 2.25. The number of aliphatic hydroxyl groups is 1. The first-order chi connectivity index (χ1) is 9.52. The van der Waals surface area contributed by atoms with E-state index in [1.807, 2.05) is 0 Å². The van der Waals surface area contributed by atoms with E-state index in [-0.39, 0.29) is 22.9 Å². The topological polar surface area (TPSA) is 104 Å². The number of carboxylic acids is 1. The Hall–Kier alpha value is -0.860. The first kappa shape index (κ1) is 18.2. The predicted molar refractivity (Wildman–Crippen MR) is 79.5 cm³/mol. The van der Waals surface area contributed by atoms with Crippen LogP contribution in [0, 0.1) is 0 Å². The van der Waals surface area contributed by atoms with Gasteiger partial charge in [-0.15, -0.1) is 0 Å². The summed E-state index contributed by atoms with van der Waals surface area (Å²) in [6, 6.07) is 2.29. The van der Waals surface area contributed by atoms with Crippen molar-refractivity contribution in [1.29, 1.82) is 0 Å². The maximum absolute atomic E-state index is 12.3. The Morgan fingerprint density at radius 2 is 1.90 bits per heavy atom. The second-order valence-electron chi connectivity index (χ2n) is 5.00. The van der Waals surface area contributed by atoms with Crippen LogP contribution in [0.4, 0.5) is 0 Å². The zero-order valence-corrected chi connectivity index (χ0v) is 13.7. The smallest absolute Gasteiger partial charge is 0.338 e. The maximum Gasteiger partial charge on any atom is 0.338 e. The molecule has 0 aromatic heterocycles. The first-order valence-corrected chi connectivity index (χ1v) is 8.12. The van der Waals surface area contributed by atoms with Crippen LogP contribution >= 0.6 is 23.2 Å². The van der Waals surface area contributed by atoms with Gasteiger partial charge in [0.2, 0.25) is 10.0 Å². The van der Waals surface area contributed by atoms with Crippen molar-refractivity contribution in [2.24, 2.45) is 0 Å². The number of hydrogen-bond acceptors (Lipinski definition) is 4. The van der Waals surface area contributed by atoms with Gasteiger partial charge in [0, 0.05) is 12.1 Å². The molecular formula is C12H15Cl2NO5S. The number of sulfonamides is 1. The normalized spacial score (nSPS) is 12.4. The molecule has 0 saturated carbocycles. The summed E-state index contributed by atoms with van der Waals surface area (Å²) in [5.41, 5.74) is -1.39. The Morgan fingerprint density at radius 1 is 1.33 bits per heavy atom. The monoisotopic (exact) mass is 355 g/mol. The van der Waals surface area contributed by atoms with Crippen LogP contribution in [-0.2, 0) is 10.0 Å². The standard InChI is InChI=1S/C12H15Cl2NO5S/c1-12(2,5-6-16)15-21(19,20)8-4-3-7(13)9(10(8)14)11(17)18/h3-4,15-16H,5-6H2,1-2H3,(H,17,18). The molecule has 9 heteroatoms. The molecule has 21 heavy (non-hydrogen) atoms. The summed E-state index contributed by atoms with van der Waals surface area (Å²) >= 11 is 11.6. The highest BCUT2D eigenvalue weighted by atomic mass is 35.5. The van der Waals surface area contributed by atoms with Crippen molar-refractivity contribution in [3.63, 3.8) is 0 Å². The lowest BCUT2D eigenvalue weighted by Gasteiger charge is -2.25.